The van der Waals surface area contributed by atoms with Gasteiger partial charge in [0.05, 0.1) is 20.3 Å². The predicted octanol–water partition coefficient (Wildman–Crippen LogP) is 1.10. The van der Waals surface area contributed by atoms with E-state index in [2.05, 4.69) is 20.8 Å². The van der Waals surface area contributed by atoms with E-state index >= 15 is 0 Å². The van der Waals surface area contributed by atoms with Crippen molar-refractivity contribution in [1.29, 1.82) is 0 Å². The largest absolute Gasteiger partial charge is 0.493 e. The second-order valence-corrected chi connectivity index (χ2v) is 4.29. The Morgan fingerprint density at radius 3 is 2.89 bits per heavy atom. The number of nitrogens with one attached hydrogen (secondary N) is 1. The van der Waals surface area contributed by atoms with Gasteiger partial charge in [-0.2, -0.15) is 0 Å². The Morgan fingerprint density at radius 2 is 2.11 bits per heavy atom. The highest BCUT2D eigenvalue weighted by Gasteiger charge is 2.24. The summed E-state index contributed by atoms with van der Waals surface area (Å²) in [7, 11) is 3.26. The van der Waals surface area contributed by atoms with Crippen LogP contribution in [0.25, 0.3) is 0 Å². The molecule has 100 valence electrons. The number of hydrogen-bond donors (Lipinski definition) is 1. The van der Waals surface area contributed by atoms with Crippen LogP contribution in [0.1, 0.15) is 18.0 Å². The molecule has 2 aromatic rings. The van der Waals surface area contributed by atoms with Gasteiger partial charge in [-0.15, -0.1) is 0 Å². The van der Waals surface area contributed by atoms with Crippen LogP contribution in [0.2, 0.25) is 0 Å². The van der Waals surface area contributed by atoms with E-state index in [0.29, 0.717) is 11.7 Å². The van der Waals surface area contributed by atoms with Crippen molar-refractivity contribution < 1.29 is 9.47 Å². The summed E-state index contributed by atoms with van der Waals surface area (Å²) in [5.74, 6) is 2.14. The molecule has 0 spiro atoms. The SMILES string of the molecule is COc1ccc(C2CCNc3nnnn32)cc1OC. The fraction of sp³-hybridized carbons (Fsp3) is 0.417. The third kappa shape index (κ3) is 1.96. The highest BCUT2D eigenvalue weighted by Crippen LogP contribution is 2.34. The lowest BCUT2D eigenvalue weighted by atomic mass is 10.0. The molecule has 1 aromatic carbocycles. The first-order valence-corrected chi connectivity index (χ1v) is 6.07. The quantitative estimate of drug-likeness (QED) is 0.891. The van der Waals surface area contributed by atoms with Gasteiger partial charge in [0, 0.05) is 6.54 Å². The Hall–Kier alpha value is -2.31. The van der Waals surface area contributed by atoms with E-state index in [4.69, 9.17) is 9.47 Å². The van der Waals surface area contributed by atoms with Gasteiger partial charge in [-0.25, -0.2) is 4.68 Å². The topological polar surface area (TPSA) is 74.1 Å². The lowest BCUT2D eigenvalue weighted by Gasteiger charge is -2.24. The summed E-state index contributed by atoms with van der Waals surface area (Å²) in [5.41, 5.74) is 1.10. The van der Waals surface area contributed by atoms with Gasteiger partial charge < -0.3 is 14.8 Å². The molecule has 1 aromatic heterocycles. The van der Waals surface area contributed by atoms with Crippen LogP contribution in [0, 0.1) is 0 Å². The zero-order valence-corrected chi connectivity index (χ0v) is 10.8. The molecular formula is C12H15N5O2. The number of rotatable bonds is 3. The molecular weight excluding hydrogens is 246 g/mol. The first-order chi connectivity index (χ1) is 9.33. The minimum Gasteiger partial charge on any atom is -0.493 e. The predicted molar refractivity (Wildman–Crippen MR) is 68.6 cm³/mol. The summed E-state index contributed by atoms with van der Waals surface area (Å²) < 4.78 is 12.4. The van der Waals surface area contributed by atoms with Crippen molar-refractivity contribution >= 4 is 5.95 Å². The minimum absolute atomic E-state index is 0.117. The van der Waals surface area contributed by atoms with E-state index in [9.17, 15) is 0 Å². The molecule has 0 aliphatic carbocycles. The Labute approximate surface area is 110 Å². The molecule has 1 aliphatic rings. The van der Waals surface area contributed by atoms with Crippen LogP contribution in [0.3, 0.4) is 0 Å². The number of anilines is 1. The monoisotopic (exact) mass is 261 g/mol. The summed E-state index contributed by atoms with van der Waals surface area (Å²) >= 11 is 0. The second kappa shape index (κ2) is 4.75. The Balaban J connectivity index is 2.00. The van der Waals surface area contributed by atoms with Gasteiger partial charge in [-0.05, 0) is 34.5 Å². The molecule has 0 saturated heterocycles. The number of tetrazole rings is 1. The first kappa shape index (κ1) is 11.8. The van der Waals surface area contributed by atoms with Crippen molar-refractivity contribution in [2.45, 2.75) is 12.5 Å². The number of benzene rings is 1. The van der Waals surface area contributed by atoms with Crippen LogP contribution >= 0.6 is 0 Å². The molecule has 7 heteroatoms. The highest BCUT2D eigenvalue weighted by molar-refractivity contribution is 5.44. The smallest absolute Gasteiger partial charge is 0.243 e. The third-order valence-corrected chi connectivity index (χ3v) is 3.28. The van der Waals surface area contributed by atoms with Crippen molar-refractivity contribution in [2.24, 2.45) is 0 Å². The van der Waals surface area contributed by atoms with E-state index in [1.807, 2.05) is 18.2 Å². The van der Waals surface area contributed by atoms with E-state index in [0.717, 1.165) is 24.3 Å². The van der Waals surface area contributed by atoms with Crippen LogP contribution < -0.4 is 14.8 Å². The van der Waals surface area contributed by atoms with Crippen molar-refractivity contribution in [3.63, 3.8) is 0 Å². The van der Waals surface area contributed by atoms with Gasteiger partial charge in [-0.1, -0.05) is 11.2 Å². The van der Waals surface area contributed by atoms with Crippen LogP contribution in [0.4, 0.5) is 5.95 Å². The van der Waals surface area contributed by atoms with Gasteiger partial charge in [0.25, 0.3) is 0 Å². The number of fused-ring (bicyclic) bond motifs is 1. The molecule has 1 unspecified atom stereocenters. The summed E-state index contributed by atoms with van der Waals surface area (Å²) in [6.45, 7) is 0.847. The van der Waals surface area contributed by atoms with Gasteiger partial charge in [0.15, 0.2) is 11.5 Å². The van der Waals surface area contributed by atoms with Gasteiger partial charge in [0.1, 0.15) is 0 Å². The van der Waals surface area contributed by atoms with Crippen LogP contribution in [0.15, 0.2) is 18.2 Å². The number of hydrogen-bond acceptors (Lipinski definition) is 6. The molecule has 0 radical (unpaired) electrons. The molecule has 3 rings (SSSR count). The zero-order valence-electron chi connectivity index (χ0n) is 10.8. The number of methoxy groups -OCH3 is 2. The van der Waals surface area contributed by atoms with Crippen molar-refractivity contribution in [3.05, 3.63) is 23.8 Å². The maximum Gasteiger partial charge on any atom is 0.243 e. The second-order valence-electron chi connectivity index (χ2n) is 4.29. The molecule has 0 bridgehead atoms. The van der Waals surface area contributed by atoms with Gasteiger partial charge in [0.2, 0.25) is 5.95 Å². The molecule has 1 atom stereocenters. The number of nitrogens with zero attached hydrogens (tertiary/aromatic N) is 4. The molecule has 1 aliphatic heterocycles. The maximum absolute atomic E-state index is 5.34. The first-order valence-electron chi connectivity index (χ1n) is 6.07. The fourth-order valence-electron chi connectivity index (χ4n) is 2.33. The van der Waals surface area contributed by atoms with Crippen LogP contribution in [-0.4, -0.2) is 41.0 Å². The highest BCUT2D eigenvalue weighted by atomic mass is 16.5. The van der Waals surface area contributed by atoms with Crippen LogP contribution in [0.5, 0.6) is 11.5 Å². The Kier molecular flexibility index (Phi) is 2.94. The van der Waals surface area contributed by atoms with Crippen molar-refractivity contribution in [1.82, 2.24) is 20.2 Å². The van der Waals surface area contributed by atoms with E-state index in [-0.39, 0.29) is 6.04 Å². The standard InChI is InChI=1S/C12H15N5O2/c1-18-10-4-3-8(7-11(10)19-2)9-5-6-13-12-14-15-16-17(9)12/h3-4,7,9H,5-6H2,1-2H3,(H,13,14,16). The fourth-order valence-corrected chi connectivity index (χ4v) is 2.33. The lowest BCUT2D eigenvalue weighted by molar-refractivity contribution is 0.353. The summed E-state index contributed by atoms with van der Waals surface area (Å²) in [4.78, 5) is 0. The van der Waals surface area contributed by atoms with Gasteiger partial charge in [-0.3, -0.25) is 0 Å². The minimum atomic E-state index is 0.117. The maximum atomic E-state index is 5.34. The number of ether oxygens (including phenoxy) is 2. The van der Waals surface area contributed by atoms with Crippen LogP contribution in [-0.2, 0) is 0 Å². The summed E-state index contributed by atoms with van der Waals surface area (Å²) in [5, 5.41) is 14.8. The zero-order chi connectivity index (χ0) is 13.2. The molecule has 1 N–H and O–H groups in total. The molecule has 0 saturated carbocycles. The molecule has 0 amide bonds. The molecule has 2 heterocycles. The third-order valence-electron chi connectivity index (χ3n) is 3.28. The lowest BCUT2D eigenvalue weighted by Crippen LogP contribution is -2.24. The van der Waals surface area contributed by atoms with Crippen molar-refractivity contribution in [2.75, 3.05) is 26.1 Å². The summed E-state index contributed by atoms with van der Waals surface area (Å²) in [6.07, 6.45) is 0.924. The number of aromatic nitrogens is 4. The molecule has 7 nitrogen and oxygen atoms in total. The molecule has 19 heavy (non-hydrogen) atoms. The average molecular weight is 261 g/mol. The van der Waals surface area contributed by atoms with Crippen molar-refractivity contribution in [3.8, 4) is 11.5 Å². The average Bonchev–Trinajstić information content (AvgIpc) is 2.94. The molecule has 0 fully saturated rings. The Morgan fingerprint density at radius 1 is 1.26 bits per heavy atom. The van der Waals surface area contributed by atoms with Gasteiger partial charge >= 0.3 is 0 Å². The summed E-state index contributed by atoms with van der Waals surface area (Å²) in [6, 6.07) is 6.01. The normalized spacial score (nSPS) is 17.5. The Bertz CT molecular complexity index is 583. The van der Waals surface area contributed by atoms with E-state index < -0.39 is 0 Å². The van der Waals surface area contributed by atoms with E-state index in [1.165, 1.54) is 0 Å². The van der Waals surface area contributed by atoms with E-state index in [1.54, 1.807) is 18.9 Å².